The normalized spacial score (nSPS) is 11.0. The highest BCUT2D eigenvalue weighted by Gasteiger charge is 2.02. The summed E-state index contributed by atoms with van der Waals surface area (Å²) in [5.74, 6) is -0.507. The summed E-state index contributed by atoms with van der Waals surface area (Å²) < 4.78 is 13.1. The molecule has 0 fully saturated rings. The Labute approximate surface area is 156 Å². The van der Waals surface area contributed by atoms with Crippen LogP contribution in [-0.2, 0) is 11.2 Å². The van der Waals surface area contributed by atoms with Crippen LogP contribution in [0.5, 0.6) is 0 Å². The molecule has 3 aromatic rings. The lowest BCUT2D eigenvalue weighted by Crippen LogP contribution is -2.23. The van der Waals surface area contributed by atoms with Crippen molar-refractivity contribution in [2.75, 3.05) is 6.54 Å². The molecular weight excluding hydrogens is 347 g/mol. The molecule has 0 radical (unpaired) electrons. The lowest BCUT2D eigenvalue weighted by molar-refractivity contribution is -0.116. The van der Waals surface area contributed by atoms with Crippen molar-refractivity contribution < 1.29 is 9.18 Å². The van der Waals surface area contributed by atoms with Gasteiger partial charge in [0.15, 0.2) is 0 Å². The number of halogens is 1. The first kappa shape index (κ1) is 18.0. The van der Waals surface area contributed by atoms with Gasteiger partial charge in [0.05, 0.1) is 10.7 Å². The highest BCUT2D eigenvalue weighted by Crippen LogP contribution is 2.21. The molecule has 0 saturated carbocycles. The van der Waals surface area contributed by atoms with Crippen molar-refractivity contribution in [3.8, 4) is 11.3 Å². The van der Waals surface area contributed by atoms with E-state index in [0.29, 0.717) is 12.1 Å². The third kappa shape index (κ3) is 5.10. The Morgan fingerprint density at radius 2 is 2.04 bits per heavy atom. The number of benzene rings is 2. The molecule has 1 heterocycles. The Kier molecular flexibility index (Phi) is 5.92. The van der Waals surface area contributed by atoms with E-state index in [0.717, 1.165) is 28.2 Å². The van der Waals surface area contributed by atoms with E-state index in [1.54, 1.807) is 29.5 Å². The molecule has 2 aromatic carbocycles. The summed E-state index contributed by atoms with van der Waals surface area (Å²) in [5, 5.41) is 5.94. The van der Waals surface area contributed by atoms with E-state index in [2.05, 4.69) is 39.9 Å². The average Bonchev–Trinajstić information content (AvgIpc) is 3.07. The standard InChI is InChI=1S/C21H19FN2OS/c1-15-24-20(14-26-15)18-8-5-16(6-9-18)11-12-23-21(25)10-7-17-3-2-4-19(22)13-17/h2-10,13-14H,11-12H2,1H3,(H,23,25)/b10-7+. The number of thiazole rings is 1. The van der Waals surface area contributed by atoms with E-state index in [1.807, 2.05) is 6.92 Å². The highest BCUT2D eigenvalue weighted by molar-refractivity contribution is 7.09. The van der Waals surface area contributed by atoms with Crippen molar-refractivity contribution in [2.24, 2.45) is 0 Å². The molecule has 0 bridgehead atoms. The number of hydrogen-bond acceptors (Lipinski definition) is 3. The van der Waals surface area contributed by atoms with E-state index in [9.17, 15) is 9.18 Å². The van der Waals surface area contributed by atoms with Crippen LogP contribution in [0.2, 0.25) is 0 Å². The summed E-state index contributed by atoms with van der Waals surface area (Å²) in [5.41, 5.74) is 3.90. The van der Waals surface area contributed by atoms with Gasteiger partial charge < -0.3 is 5.32 Å². The van der Waals surface area contributed by atoms with Gasteiger partial charge >= 0.3 is 0 Å². The van der Waals surface area contributed by atoms with Gasteiger partial charge in [0.2, 0.25) is 5.91 Å². The second-order valence-corrected chi connectivity index (χ2v) is 6.94. The fourth-order valence-corrected chi connectivity index (χ4v) is 3.13. The third-order valence-corrected chi connectivity index (χ3v) is 4.63. The van der Waals surface area contributed by atoms with Crippen LogP contribution in [0.3, 0.4) is 0 Å². The number of aromatic nitrogens is 1. The lowest BCUT2D eigenvalue weighted by Gasteiger charge is -2.04. The summed E-state index contributed by atoms with van der Waals surface area (Å²) in [6.45, 7) is 2.54. The molecule has 1 N–H and O–H groups in total. The Hall–Kier alpha value is -2.79. The summed E-state index contributed by atoms with van der Waals surface area (Å²) in [6, 6.07) is 14.3. The van der Waals surface area contributed by atoms with Crippen molar-refractivity contribution in [1.82, 2.24) is 10.3 Å². The van der Waals surface area contributed by atoms with E-state index in [1.165, 1.54) is 18.2 Å². The van der Waals surface area contributed by atoms with Crippen molar-refractivity contribution >= 4 is 23.3 Å². The zero-order chi connectivity index (χ0) is 18.4. The molecule has 0 atom stereocenters. The summed E-state index contributed by atoms with van der Waals surface area (Å²) in [6.07, 6.45) is 3.77. The first-order valence-corrected chi connectivity index (χ1v) is 9.21. The van der Waals surface area contributed by atoms with Crippen LogP contribution in [0.25, 0.3) is 17.3 Å². The number of carbonyl (C=O) groups excluding carboxylic acids is 1. The highest BCUT2D eigenvalue weighted by atomic mass is 32.1. The number of nitrogens with one attached hydrogen (secondary N) is 1. The summed E-state index contributed by atoms with van der Waals surface area (Å²) in [4.78, 5) is 16.3. The van der Waals surface area contributed by atoms with Crippen molar-refractivity contribution in [3.63, 3.8) is 0 Å². The van der Waals surface area contributed by atoms with E-state index in [-0.39, 0.29) is 11.7 Å². The lowest BCUT2D eigenvalue weighted by atomic mass is 10.1. The van der Waals surface area contributed by atoms with Gasteiger partial charge in [-0.2, -0.15) is 0 Å². The third-order valence-electron chi connectivity index (χ3n) is 3.86. The van der Waals surface area contributed by atoms with E-state index >= 15 is 0 Å². The van der Waals surface area contributed by atoms with Crippen LogP contribution < -0.4 is 5.32 Å². The minimum atomic E-state index is -0.316. The van der Waals surface area contributed by atoms with Crippen molar-refractivity contribution in [3.05, 3.63) is 81.9 Å². The van der Waals surface area contributed by atoms with Crippen LogP contribution in [0.1, 0.15) is 16.1 Å². The van der Waals surface area contributed by atoms with Crippen LogP contribution in [0, 0.1) is 12.7 Å². The van der Waals surface area contributed by atoms with Gasteiger partial charge in [0.25, 0.3) is 0 Å². The van der Waals surface area contributed by atoms with Gasteiger partial charge in [-0.25, -0.2) is 9.37 Å². The maximum absolute atomic E-state index is 13.1. The molecule has 0 spiro atoms. The summed E-state index contributed by atoms with van der Waals surface area (Å²) in [7, 11) is 0. The number of carbonyl (C=O) groups is 1. The predicted octanol–water partition coefficient (Wildman–Crippen LogP) is 4.63. The Bertz CT molecular complexity index is 916. The number of amides is 1. The Balaban J connectivity index is 1.47. The molecule has 3 nitrogen and oxygen atoms in total. The molecule has 0 unspecified atom stereocenters. The van der Waals surface area contributed by atoms with Gasteiger partial charge in [-0.3, -0.25) is 4.79 Å². The van der Waals surface area contributed by atoms with Gasteiger partial charge in [-0.15, -0.1) is 11.3 Å². The zero-order valence-electron chi connectivity index (χ0n) is 14.4. The fraction of sp³-hybridized carbons (Fsp3) is 0.143. The summed E-state index contributed by atoms with van der Waals surface area (Å²) >= 11 is 1.64. The molecule has 5 heteroatoms. The topological polar surface area (TPSA) is 42.0 Å². The molecule has 0 aliphatic carbocycles. The van der Waals surface area contributed by atoms with Gasteiger partial charge in [0, 0.05) is 23.6 Å². The fourth-order valence-electron chi connectivity index (χ4n) is 2.51. The number of hydrogen-bond donors (Lipinski definition) is 1. The first-order valence-electron chi connectivity index (χ1n) is 8.33. The quantitative estimate of drug-likeness (QED) is 0.646. The molecule has 3 rings (SSSR count). The van der Waals surface area contributed by atoms with Crippen LogP contribution in [0.15, 0.2) is 60.0 Å². The van der Waals surface area contributed by atoms with Gasteiger partial charge in [-0.05, 0) is 42.7 Å². The van der Waals surface area contributed by atoms with Crippen LogP contribution in [0.4, 0.5) is 4.39 Å². The van der Waals surface area contributed by atoms with Crippen LogP contribution >= 0.6 is 11.3 Å². The second-order valence-electron chi connectivity index (χ2n) is 5.88. The number of nitrogens with zero attached hydrogens (tertiary/aromatic N) is 1. The van der Waals surface area contributed by atoms with E-state index < -0.39 is 0 Å². The minimum Gasteiger partial charge on any atom is -0.352 e. The number of aryl methyl sites for hydroxylation is 1. The molecule has 26 heavy (non-hydrogen) atoms. The molecule has 0 aliphatic rings. The monoisotopic (exact) mass is 366 g/mol. The second kappa shape index (κ2) is 8.54. The van der Waals surface area contributed by atoms with Gasteiger partial charge in [0.1, 0.15) is 5.82 Å². The Morgan fingerprint density at radius 3 is 2.73 bits per heavy atom. The molecule has 0 aliphatic heterocycles. The zero-order valence-corrected chi connectivity index (χ0v) is 15.2. The first-order chi connectivity index (χ1) is 12.6. The van der Waals surface area contributed by atoms with Crippen molar-refractivity contribution in [1.29, 1.82) is 0 Å². The molecule has 1 aromatic heterocycles. The SMILES string of the molecule is Cc1nc(-c2ccc(CCNC(=O)/C=C/c3cccc(F)c3)cc2)cs1. The van der Waals surface area contributed by atoms with Crippen LogP contribution in [-0.4, -0.2) is 17.4 Å². The number of rotatable bonds is 6. The maximum Gasteiger partial charge on any atom is 0.244 e. The average molecular weight is 366 g/mol. The smallest absolute Gasteiger partial charge is 0.244 e. The molecule has 1 amide bonds. The molecule has 0 saturated heterocycles. The molecule has 132 valence electrons. The minimum absolute atomic E-state index is 0.191. The maximum atomic E-state index is 13.1. The molecular formula is C21H19FN2OS. The van der Waals surface area contributed by atoms with Crippen molar-refractivity contribution in [2.45, 2.75) is 13.3 Å². The van der Waals surface area contributed by atoms with Gasteiger partial charge in [-0.1, -0.05) is 36.4 Å². The largest absolute Gasteiger partial charge is 0.352 e. The van der Waals surface area contributed by atoms with E-state index in [4.69, 9.17) is 0 Å². The Morgan fingerprint density at radius 1 is 1.23 bits per heavy atom. The predicted molar refractivity (Wildman–Crippen MR) is 104 cm³/mol.